The number of hydrogen-bond donors (Lipinski definition) is 0. The fraction of sp³-hybridized carbons (Fsp3) is 0.500. The second-order valence-electron chi connectivity index (χ2n) is 9.42. The second kappa shape index (κ2) is 10.4. The van der Waals surface area contributed by atoms with Crippen LogP contribution in [0.25, 0.3) is 10.9 Å². The number of nitrogens with zero attached hydrogens (tertiary/aromatic N) is 2. The number of likely N-dealkylation sites (tertiary alicyclic amines) is 1. The van der Waals surface area contributed by atoms with Crippen molar-refractivity contribution < 1.29 is 18.9 Å². The number of piperidine rings is 1. The van der Waals surface area contributed by atoms with Crippen LogP contribution in [0.4, 0.5) is 0 Å². The van der Waals surface area contributed by atoms with Crippen LogP contribution in [0.3, 0.4) is 0 Å². The third kappa shape index (κ3) is 5.09. The smallest absolute Gasteiger partial charge is 0.170 e. The highest BCUT2D eigenvalue weighted by atomic mass is 16.7. The van der Waals surface area contributed by atoms with Gasteiger partial charge in [0.25, 0.3) is 0 Å². The predicted octanol–water partition coefficient (Wildman–Crippen LogP) is 5.02. The van der Waals surface area contributed by atoms with Gasteiger partial charge in [0.1, 0.15) is 11.5 Å². The van der Waals surface area contributed by atoms with Gasteiger partial charge in [-0.25, -0.2) is 0 Å². The van der Waals surface area contributed by atoms with Crippen LogP contribution in [-0.2, 0) is 29.0 Å². The van der Waals surface area contributed by atoms with E-state index >= 15 is 0 Å². The minimum Gasteiger partial charge on any atom is -0.497 e. The quantitative estimate of drug-likeness (QED) is 0.468. The highest BCUT2D eigenvalue weighted by molar-refractivity contribution is 5.85. The Hall–Kier alpha value is -2.54. The molecule has 6 heteroatoms. The molecule has 2 fully saturated rings. The zero-order valence-corrected chi connectivity index (χ0v) is 20.4. The first-order chi connectivity index (χ1) is 16.7. The van der Waals surface area contributed by atoms with Gasteiger partial charge < -0.3 is 23.5 Å². The minimum atomic E-state index is -0.336. The topological polar surface area (TPSA) is 45.1 Å². The van der Waals surface area contributed by atoms with Crippen molar-refractivity contribution in [3.63, 3.8) is 0 Å². The molecule has 0 aliphatic carbocycles. The lowest BCUT2D eigenvalue weighted by Crippen LogP contribution is -2.49. The van der Waals surface area contributed by atoms with E-state index in [1.807, 2.05) is 12.1 Å². The molecule has 6 nitrogen and oxygen atoms in total. The molecule has 5 rings (SSSR count). The molecule has 0 unspecified atom stereocenters. The first kappa shape index (κ1) is 23.2. The second-order valence-corrected chi connectivity index (χ2v) is 9.42. The van der Waals surface area contributed by atoms with Crippen LogP contribution in [-0.4, -0.2) is 55.8 Å². The van der Waals surface area contributed by atoms with E-state index in [-0.39, 0.29) is 5.79 Å². The van der Waals surface area contributed by atoms with Gasteiger partial charge in [0.15, 0.2) is 5.79 Å². The van der Waals surface area contributed by atoms with Crippen LogP contribution < -0.4 is 9.47 Å². The molecule has 1 aromatic heterocycles. The Labute approximate surface area is 202 Å². The number of aryl methyl sites for hydroxylation is 2. The van der Waals surface area contributed by atoms with Gasteiger partial charge in [-0.3, -0.25) is 4.90 Å². The van der Waals surface area contributed by atoms with Crippen molar-refractivity contribution in [2.45, 2.75) is 51.0 Å². The Balaban J connectivity index is 1.27. The van der Waals surface area contributed by atoms with Crippen molar-refractivity contribution in [1.29, 1.82) is 0 Å². The summed E-state index contributed by atoms with van der Waals surface area (Å²) < 4.78 is 25.3. The number of ether oxygens (including phenoxy) is 4. The van der Waals surface area contributed by atoms with Crippen molar-refractivity contribution in [2.24, 2.45) is 0 Å². The summed E-state index contributed by atoms with van der Waals surface area (Å²) in [4.78, 5) is 2.53. The molecule has 1 spiro atoms. The Morgan fingerprint density at radius 1 is 0.912 bits per heavy atom. The Kier molecular flexibility index (Phi) is 7.09. The van der Waals surface area contributed by atoms with Gasteiger partial charge in [-0.05, 0) is 54.7 Å². The number of hydrogen-bond acceptors (Lipinski definition) is 5. The zero-order chi connectivity index (χ0) is 23.4. The fourth-order valence-electron chi connectivity index (χ4n) is 5.23. The van der Waals surface area contributed by atoms with E-state index in [2.05, 4.69) is 46.0 Å². The summed E-state index contributed by atoms with van der Waals surface area (Å²) in [5, 5.41) is 1.32. The van der Waals surface area contributed by atoms with Crippen molar-refractivity contribution in [3.05, 3.63) is 59.8 Å². The lowest BCUT2D eigenvalue weighted by atomic mass is 10.0. The minimum absolute atomic E-state index is 0.336. The largest absolute Gasteiger partial charge is 0.497 e. The van der Waals surface area contributed by atoms with Crippen LogP contribution in [0.2, 0.25) is 0 Å². The molecule has 182 valence electrons. The van der Waals surface area contributed by atoms with Crippen LogP contribution >= 0.6 is 0 Å². The predicted molar refractivity (Wildman–Crippen MR) is 134 cm³/mol. The molecule has 3 aromatic rings. The summed E-state index contributed by atoms with van der Waals surface area (Å²) >= 11 is 0. The van der Waals surface area contributed by atoms with E-state index < -0.39 is 0 Å². The van der Waals surface area contributed by atoms with E-state index in [4.69, 9.17) is 18.9 Å². The van der Waals surface area contributed by atoms with E-state index in [9.17, 15) is 0 Å². The Bertz CT molecular complexity index is 1080. The Morgan fingerprint density at radius 3 is 2.32 bits per heavy atom. The van der Waals surface area contributed by atoms with Crippen LogP contribution in [0, 0.1) is 0 Å². The number of fused-ring (bicyclic) bond motifs is 1. The van der Waals surface area contributed by atoms with Crippen LogP contribution in [0.5, 0.6) is 11.5 Å². The third-order valence-electron chi connectivity index (χ3n) is 7.23. The van der Waals surface area contributed by atoms with Gasteiger partial charge in [-0.1, -0.05) is 12.1 Å². The van der Waals surface area contributed by atoms with Crippen molar-refractivity contribution >= 4 is 10.9 Å². The number of methoxy groups -OCH3 is 2. The molecule has 0 amide bonds. The zero-order valence-electron chi connectivity index (χ0n) is 20.4. The SMILES string of the molecule is COc1ccc(CCCn2cc(CN3CCC4(CC3)OCCCO4)c3ccc(OC)cc32)cc1. The highest BCUT2D eigenvalue weighted by Crippen LogP contribution is 2.33. The molecule has 0 N–H and O–H groups in total. The van der Waals surface area contributed by atoms with Crippen LogP contribution in [0.15, 0.2) is 48.7 Å². The fourth-order valence-corrected chi connectivity index (χ4v) is 5.23. The van der Waals surface area contributed by atoms with E-state index in [1.165, 1.54) is 22.0 Å². The molecule has 0 radical (unpaired) electrons. The number of aromatic nitrogens is 1. The van der Waals surface area contributed by atoms with Gasteiger partial charge in [-0.15, -0.1) is 0 Å². The summed E-state index contributed by atoms with van der Waals surface area (Å²) in [7, 11) is 3.44. The van der Waals surface area contributed by atoms with Crippen molar-refractivity contribution in [3.8, 4) is 11.5 Å². The molecular weight excluding hydrogens is 428 g/mol. The Morgan fingerprint density at radius 2 is 1.62 bits per heavy atom. The molecular formula is C28H36N2O4. The maximum absolute atomic E-state index is 6.02. The van der Waals surface area contributed by atoms with Gasteiger partial charge in [0.05, 0.1) is 33.0 Å². The standard InChI is InChI=1S/C28H36N2O4/c1-31-24-8-6-22(7-9-24)5-3-14-30-21-23(26-11-10-25(32-2)19-27(26)30)20-29-15-12-28(13-16-29)33-17-4-18-34-28/h6-11,19,21H,3-5,12-18,20H2,1-2H3. The molecule has 2 aliphatic heterocycles. The molecule has 2 aromatic carbocycles. The molecule has 0 atom stereocenters. The molecule has 0 saturated carbocycles. The summed E-state index contributed by atoms with van der Waals surface area (Å²) in [6, 6.07) is 14.8. The van der Waals surface area contributed by atoms with Gasteiger partial charge in [0, 0.05) is 56.7 Å². The molecule has 34 heavy (non-hydrogen) atoms. The summed E-state index contributed by atoms with van der Waals surface area (Å²) in [6.07, 6.45) is 7.36. The van der Waals surface area contributed by atoms with E-state index in [1.54, 1.807) is 14.2 Å². The highest BCUT2D eigenvalue weighted by Gasteiger charge is 2.38. The average Bonchev–Trinajstić information content (AvgIpc) is 3.23. The number of rotatable bonds is 8. The third-order valence-corrected chi connectivity index (χ3v) is 7.23. The summed E-state index contributed by atoms with van der Waals surface area (Å²) in [6.45, 7) is 5.57. The maximum atomic E-state index is 6.02. The monoisotopic (exact) mass is 464 g/mol. The molecule has 3 heterocycles. The molecule has 0 bridgehead atoms. The van der Waals surface area contributed by atoms with E-state index in [0.717, 1.165) is 83.0 Å². The van der Waals surface area contributed by atoms with Gasteiger partial charge >= 0.3 is 0 Å². The van der Waals surface area contributed by atoms with Gasteiger partial charge in [0.2, 0.25) is 0 Å². The van der Waals surface area contributed by atoms with Crippen molar-refractivity contribution in [1.82, 2.24) is 9.47 Å². The molecule has 2 saturated heterocycles. The lowest BCUT2D eigenvalue weighted by Gasteiger charge is -2.43. The molecule has 2 aliphatic rings. The van der Waals surface area contributed by atoms with Gasteiger partial charge in [-0.2, -0.15) is 0 Å². The normalized spacial score (nSPS) is 18.4. The lowest BCUT2D eigenvalue weighted by molar-refractivity contribution is -0.284. The number of benzene rings is 2. The van der Waals surface area contributed by atoms with Crippen molar-refractivity contribution in [2.75, 3.05) is 40.5 Å². The average molecular weight is 465 g/mol. The van der Waals surface area contributed by atoms with Crippen LogP contribution in [0.1, 0.15) is 36.8 Å². The maximum Gasteiger partial charge on any atom is 0.170 e. The summed E-state index contributed by atoms with van der Waals surface area (Å²) in [5.41, 5.74) is 3.96. The first-order valence-electron chi connectivity index (χ1n) is 12.5. The first-order valence-corrected chi connectivity index (χ1v) is 12.5. The summed E-state index contributed by atoms with van der Waals surface area (Å²) in [5.74, 6) is 1.47. The van der Waals surface area contributed by atoms with E-state index in [0.29, 0.717) is 0 Å².